The molecule has 2 aromatic rings. The van der Waals surface area contributed by atoms with Gasteiger partial charge in [-0.25, -0.2) is 13.5 Å². The molecule has 0 spiro atoms. The van der Waals surface area contributed by atoms with Crippen LogP contribution >= 0.6 is 0 Å². The van der Waals surface area contributed by atoms with Crippen molar-refractivity contribution in [2.75, 3.05) is 32.6 Å². The zero-order valence-electron chi connectivity index (χ0n) is 16.0. The Kier molecular flexibility index (Phi) is 5.88. The van der Waals surface area contributed by atoms with Crippen LogP contribution in [0.15, 0.2) is 18.3 Å². The molecule has 1 aliphatic carbocycles. The summed E-state index contributed by atoms with van der Waals surface area (Å²) in [5.41, 5.74) is 0.849. The Morgan fingerprint density at radius 3 is 2.67 bits per heavy atom. The lowest BCUT2D eigenvalue weighted by molar-refractivity contribution is -0.0361. The van der Waals surface area contributed by atoms with Crippen molar-refractivity contribution in [3.05, 3.63) is 24.0 Å². The summed E-state index contributed by atoms with van der Waals surface area (Å²) in [5.74, 6) is -1.18. The third-order valence-electron chi connectivity index (χ3n) is 4.48. The summed E-state index contributed by atoms with van der Waals surface area (Å²) in [6, 6.07) is 3.53. The third kappa shape index (κ3) is 5.59. The van der Waals surface area contributed by atoms with Crippen LogP contribution in [-0.4, -0.2) is 63.9 Å². The van der Waals surface area contributed by atoms with E-state index in [0.717, 1.165) is 12.2 Å². The average Bonchev–Trinajstić information content (AvgIpc) is 3.03. The molecule has 3 rings (SSSR count). The lowest BCUT2D eigenvalue weighted by atomic mass is 9.92. The number of aryl methyl sites for hydroxylation is 1. The summed E-state index contributed by atoms with van der Waals surface area (Å²) in [6.45, 7) is 3.12. The maximum atomic E-state index is 13.4. The lowest BCUT2D eigenvalue weighted by Crippen LogP contribution is -2.32. The summed E-state index contributed by atoms with van der Waals surface area (Å²) < 4.78 is 34.1. The number of anilines is 1. The Bertz CT molecular complexity index is 754. The molecule has 0 unspecified atom stereocenters. The number of alkyl halides is 2. The monoisotopic (exact) mass is 380 g/mol. The van der Waals surface area contributed by atoms with Gasteiger partial charge in [0.05, 0.1) is 5.69 Å². The minimum absolute atomic E-state index is 0.0404. The molecule has 27 heavy (non-hydrogen) atoms. The molecule has 0 aliphatic heterocycles. The second kappa shape index (κ2) is 8.16. The molecule has 1 fully saturated rings. The lowest BCUT2D eigenvalue weighted by Gasteiger charge is -2.29. The molecule has 7 nitrogen and oxygen atoms in total. The smallest absolute Gasteiger partial charge is 0.255 e. The molecule has 0 aromatic carbocycles. The van der Waals surface area contributed by atoms with E-state index in [4.69, 9.17) is 4.74 Å². The number of rotatable bonds is 7. The van der Waals surface area contributed by atoms with Crippen LogP contribution in [0.3, 0.4) is 0 Å². The van der Waals surface area contributed by atoms with Crippen molar-refractivity contribution >= 4 is 5.82 Å². The highest BCUT2D eigenvalue weighted by molar-refractivity contribution is 5.42. The number of nitrogens with zero attached hydrogens (tertiary/aromatic N) is 5. The van der Waals surface area contributed by atoms with Crippen molar-refractivity contribution in [3.63, 3.8) is 0 Å². The topological polar surface area (TPSA) is 68.1 Å². The van der Waals surface area contributed by atoms with Gasteiger partial charge in [0.25, 0.3) is 5.95 Å². The van der Waals surface area contributed by atoms with E-state index < -0.39 is 5.92 Å². The summed E-state index contributed by atoms with van der Waals surface area (Å²) >= 11 is 0. The zero-order chi connectivity index (χ0) is 19.4. The van der Waals surface area contributed by atoms with Gasteiger partial charge >= 0.3 is 0 Å². The standard InChI is InChI=1S/C18H26F2N6O/c1-13-6-9-26(24-13)17-22-15(12-16(23-17)27-11-10-25(2)3)21-14-4-7-18(19,20)8-5-14/h6,9,12,14H,4-5,7-8,10-11H2,1-3H3,(H,21,22,23). The molecular weight excluding hydrogens is 354 g/mol. The summed E-state index contributed by atoms with van der Waals surface area (Å²) in [7, 11) is 3.93. The fourth-order valence-corrected chi connectivity index (χ4v) is 2.92. The van der Waals surface area contributed by atoms with Crippen LogP contribution in [0.4, 0.5) is 14.6 Å². The Balaban J connectivity index is 1.77. The van der Waals surface area contributed by atoms with Crippen molar-refractivity contribution in [1.82, 2.24) is 24.6 Å². The first-order valence-corrected chi connectivity index (χ1v) is 9.14. The maximum Gasteiger partial charge on any atom is 0.255 e. The Morgan fingerprint density at radius 1 is 1.30 bits per heavy atom. The molecule has 2 heterocycles. The molecule has 0 radical (unpaired) electrons. The predicted molar refractivity (Wildman–Crippen MR) is 98.8 cm³/mol. The first-order valence-electron chi connectivity index (χ1n) is 9.14. The molecule has 0 bridgehead atoms. The third-order valence-corrected chi connectivity index (χ3v) is 4.48. The van der Waals surface area contributed by atoms with Crippen LogP contribution in [-0.2, 0) is 0 Å². The van der Waals surface area contributed by atoms with Crippen LogP contribution in [0, 0.1) is 6.92 Å². The van der Waals surface area contributed by atoms with Crippen molar-refractivity contribution in [2.24, 2.45) is 0 Å². The number of aromatic nitrogens is 4. The van der Waals surface area contributed by atoms with Crippen LogP contribution in [0.2, 0.25) is 0 Å². The molecule has 0 saturated heterocycles. The minimum atomic E-state index is -2.55. The first-order chi connectivity index (χ1) is 12.8. The summed E-state index contributed by atoms with van der Waals surface area (Å²) in [5, 5.41) is 7.60. The quantitative estimate of drug-likeness (QED) is 0.797. The van der Waals surface area contributed by atoms with E-state index >= 15 is 0 Å². The highest BCUT2D eigenvalue weighted by Gasteiger charge is 2.35. The Hall–Kier alpha value is -2.29. The van der Waals surface area contributed by atoms with Crippen molar-refractivity contribution < 1.29 is 13.5 Å². The second-order valence-corrected chi connectivity index (χ2v) is 7.22. The molecule has 0 atom stereocenters. The maximum absolute atomic E-state index is 13.4. The molecular formula is C18H26F2N6O. The number of ether oxygens (including phenoxy) is 1. The number of hydrogen-bond donors (Lipinski definition) is 1. The largest absolute Gasteiger partial charge is 0.476 e. The van der Waals surface area contributed by atoms with E-state index in [9.17, 15) is 8.78 Å². The summed E-state index contributed by atoms with van der Waals surface area (Å²) in [6.07, 6.45) is 2.38. The van der Waals surface area contributed by atoms with Crippen LogP contribution in [0.5, 0.6) is 5.88 Å². The SMILES string of the molecule is Cc1ccn(-c2nc(NC3CCC(F)(F)CC3)cc(OCCN(C)C)n2)n1. The van der Waals surface area contributed by atoms with E-state index in [0.29, 0.717) is 37.1 Å². The van der Waals surface area contributed by atoms with Gasteiger partial charge in [0.1, 0.15) is 12.4 Å². The molecule has 1 saturated carbocycles. The number of nitrogens with one attached hydrogen (secondary N) is 1. The second-order valence-electron chi connectivity index (χ2n) is 7.22. The van der Waals surface area contributed by atoms with Crippen molar-refractivity contribution in [2.45, 2.75) is 44.6 Å². The molecule has 9 heteroatoms. The number of likely N-dealkylation sites (N-methyl/N-ethyl adjacent to an activating group) is 1. The fourth-order valence-electron chi connectivity index (χ4n) is 2.92. The Morgan fingerprint density at radius 2 is 2.04 bits per heavy atom. The molecule has 148 valence electrons. The van der Waals surface area contributed by atoms with E-state index in [1.165, 1.54) is 0 Å². The summed E-state index contributed by atoms with van der Waals surface area (Å²) in [4.78, 5) is 10.9. The van der Waals surface area contributed by atoms with Gasteiger partial charge in [-0.05, 0) is 39.9 Å². The van der Waals surface area contributed by atoms with Gasteiger partial charge in [0, 0.05) is 37.7 Å². The Labute approximate surface area is 157 Å². The highest BCUT2D eigenvalue weighted by atomic mass is 19.3. The first kappa shape index (κ1) is 19.5. The molecule has 1 aliphatic rings. The van der Waals surface area contributed by atoms with Crippen molar-refractivity contribution in [3.8, 4) is 11.8 Å². The van der Waals surface area contributed by atoms with E-state index in [1.54, 1.807) is 16.9 Å². The normalized spacial score (nSPS) is 17.3. The van der Waals surface area contributed by atoms with Gasteiger partial charge in [0.2, 0.25) is 11.8 Å². The highest BCUT2D eigenvalue weighted by Crippen LogP contribution is 2.34. The van der Waals surface area contributed by atoms with Gasteiger partial charge in [-0.2, -0.15) is 15.1 Å². The van der Waals surface area contributed by atoms with E-state index in [2.05, 4.69) is 20.4 Å². The fraction of sp³-hybridized carbons (Fsp3) is 0.611. The van der Waals surface area contributed by atoms with Gasteiger partial charge in [-0.1, -0.05) is 0 Å². The molecule has 0 amide bonds. The van der Waals surface area contributed by atoms with Gasteiger partial charge in [-0.3, -0.25) is 0 Å². The molecule has 1 N–H and O–H groups in total. The van der Waals surface area contributed by atoms with Crippen LogP contribution < -0.4 is 10.1 Å². The van der Waals surface area contributed by atoms with Gasteiger partial charge < -0.3 is 15.0 Å². The average molecular weight is 380 g/mol. The van der Waals surface area contributed by atoms with Gasteiger partial charge in [0.15, 0.2) is 0 Å². The zero-order valence-corrected chi connectivity index (χ0v) is 16.0. The number of halogens is 2. The van der Waals surface area contributed by atoms with Crippen LogP contribution in [0.25, 0.3) is 5.95 Å². The minimum Gasteiger partial charge on any atom is -0.476 e. The van der Waals surface area contributed by atoms with E-state index in [-0.39, 0.29) is 18.9 Å². The van der Waals surface area contributed by atoms with Gasteiger partial charge in [-0.15, -0.1) is 0 Å². The van der Waals surface area contributed by atoms with Crippen molar-refractivity contribution in [1.29, 1.82) is 0 Å². The number of hydrogen-bond acceptors (Lipinski definition) is 6. The van der Waals surface area contributed by atoms with Crippen LogP contribution in [0.1, 0.15) is 31.4 Å². The predicted octanol–water partition coefficient (Wildman–Crippen LogP) is 2.90. The molecule has 2 aromatic heterocycles. The van der Waals surface area contributed by atoms with E-state index in [1.807, 2.05) is 32.0 Å².